The van der Waals surface area contributed by atoms with Crippen LogP contribution < -0.4 is 4.90 Å². The molecule has 0 aliphatic rings. The van der Waals surface area contributed by atoms with E-state index >= 15 is 0 Å². The predicted octanol–water partition coefficient (Wildman–Crippen LogP) is 17.5. The lowest BCUT2D eigenvalue weighted by Gasteiger charge is -2.26. The molecule has 0 saturated carbocycles. The first-order valence-corrected chi connectivity index (χ1v) is 22.2. The molecule has 65 heavy (non-hydrogen) atoms. The van der Waals surface area contributed by atoms with Crippen LogP contribution in [-0.2, 0) is 0 Å². The highest BCUT2D eigenvalue weighted by Crippen LogP contribution is 2.43. The molecule has 0 bridgehead atoms. The van der Waals surface area contributed by atoms with Crippen molar-refractivity contribution in [2.24, 2.45) is 0 Å². The maximum Gasteiger partial charge on any atom is 0.135 e. The number of furan rings is 1. The number of anilines is 3. The van der Waals surface area contributed by atoms with E-state index in [9.17, 15) is 0 Å². The molecule has 0 amide bonds. The Balaban J connectivity index is 0.910. The number of aromatic nitrogens is 1. The van der Waals surface area contributed by atoms with Gasteiger partial charge in [0, 0.05) is 44.2 Å². The molecule has 304 valence electrons. The fraction of sp³-hybridized carbons (Fsp3) is 0. The van der Waals surface area contributed by atoms with E-state index in [-0.39, 0.29) is 0 Å². The van der Waals surface area contributed by atoms with Gasteiger partial charge in [0.1, 0.15) is 11.2 Å². The van der Waals surface area contributed by atoms with Gasteiger partial charge in [-0.05, 0) is 122 Å². The van der Waals surface area contributed by atoms with Gasteiger partial charge < -0.3 is 13.9 Å². The Morgan fingerprint density at radius 3 is 1.57 bits per heavy atom. The second-order valence-corrected chi connectivity index (χ2v) is 16.9. The fourth-order valence-corrected chi connectivity index (χ4v) is 10.1. The van der Waals surface area contributed by atoms with Gasteiger partial charge in [-0.25, -0.2) is 0 Å². The molecule has 0 saturated heterocycles. The molecule has 3 nitrogen and oxygen atoms in total. The van der Waals surface area contributed by atoms with Gasteiger partial charge in [0.05, 0.1) is 16.7 Å². The Hall–Kier alpha value is -8.66. The van der Waals surface area contributed by atoms with Gasteiger partial charge in [0.2, 0.25) is 0 Å². The quantitative estimate of drug-likeness (QED) is 0.149. The summed E-state index contributed by atoms with van der Waals surface area (Å²) in [5.41, 5.74) is 15.6. The first-order valence-electron chi connectivity index (χ1n) is 22.2. The van der Waals surface area contributed by atoms with Crippen LogP contribution in [0.1, 0.15) is 0 Å². The summed E-state index contributed by atoms with van der Waals surface area (Å²) in [7, 11) is 0. The topological polar surface area (TPSA) is 21.3 Å². The number of fused-ring (bicyclic) bond motifs is 9. The van der Waals surface area contributed by atoms with Gasteiger partial charge in [-0.15, -0.1) is 0 Å². The monoisotopic (exact) mass is 828 g/mol. The zero-order valence-corrected chi connectivity index (χ0v) is 35.4. The predicted molar refractivity (Wildman–Crippen MR) is 274 cm³/mol. The number of nitrogens with zero attached hydrogens (tertiary/aromatic N) is 2. The summed E-state index contributed by atoms with van der Waals surface area (Å²) in [6, 6.07) is 87.8. The lowest BCUT2D eigenvalue weighted by molar-refractivity contribution is 0.669. The van der Waals surface area contributed by atoms with Gasteiger partial charge in [0.25, 0.3) is 0 Å². The van der Waals surface area contributed by atoms with E-state index in [0.717, 1.165) is 50.3 Å². The summed E-state index contributed by atoms with van der Waals surface area (Å²) in [4.78, 5) is 2.35. The highest BCUT2D eigenvalue weighted by atomic mass is 16.3. The minimum atomic E-state index is 0.877. The largest absolute Gasteiger partial charge is 0.456 e. The highest BCUT2D eigenvalue weighted by molar-refractivity contribution is 6.11. The molecule has 0 aliphatic carbocycles. The van der Waals surface area contributed by atoms with Crippen LogP contribution in [0.25, 0.3) is 104 Å². The van der Waals surface area contributed by atoms with E-state index in [4.69, 9.17) is 4.42 Å². The summed E-state index contributed by atoms with van der Waals surface area (Å²) in [6.07, 6.45) is 0. The average molecular weight is 829 g/mol. The van der Waals surface area contributed by atoms with E-state index in [2.05, 4.69) is 240 Å². The molecule has 13 rings (SSSR count). The molecular formula is C62H40N2O. The standard InChI is InChI=1S/C62H40N2O/c1-2-14-49-42(13-1)25-26-45-39-44(31-37-51(45)49)41-27-32-46(33-28-41)63(48-36-38-62-57(40-48)56-20-8-12-24-61(56)65-62)47-34-29-43(30-35-47)50-15-3-4-16-52(50)53-17-5-9-21-58(53)64-59-22-10-6-18-54(59)55-19-7-11-23-60(55)64/h1-40H. The van der Waals surface area contributed by atoms with Crippen molar-refractivity contribution >= 4 is 82.4 Å². The first kappa shape index (κ1) is 36.9. The second-order valence-electron chi connectivity index (χ2n) is 16.9. The molecule has 0 unspecified atom stereocenters. The van der Waals surface area contributed by atoms with Crippen molar-refractivity contribution in [2.45, 2.75) is 0 Å². The van der Waals surface area contributed by atoms with E-state index in [1.54, 1.807) is 0 Å². The number of hydrogen-bond donors (Lipinski definition) is 0. The lowest BCUT2D eigenvalue weighted by atomic mass is 9.93. The van der Waals surface area contributed by atoms with Crippen molar-refractivity contribution < 1.29 is 4.42 Å². The third kappa shape index (κ3) is 6.12. The van der Waals surface area contributed by atoms with Crippen molar-refractivity contribution in [3.05, 3.63) is 243 Å². The minimum Gasteiger partial charge on any atom is -0.456 e. The summed E-state index contributed by atoms with van der Waals surface area (Å²) in [6.45, 7) is 0. The maximum absolute atomic E-state index is 6.28. The lowest BCUT2D eigenvalue weighted by Crippen LogP contribution is -2.09. The summed E-state index contributed by atoms with van der Waals surface area (Å²) in [5, 5.41) is 9.76. The van der Waals surface area contributed by atoms with Crippen molar-refractivity contribution in [3.63, 3.8) is 0 Å². The van der Waals surface area contributed by atoms with Crippen LogP contribution in [0.15, 0.2) is 247 Å². The highest BCUT2D eigenvalue weighted by Gasteiger charge is 2.19. The normalized spacial score (nSPS) is 11.7. The molecule has 0 spiro atoms. The Morgan fingerprint density at radius 2 is 0.815 bits per heavy atom. The van der Waals surface area contributed by atoms with Crippen LogP contribution in [0, 0.1) is 0 Å². The molecule has 11 aromatic carbocycles. The molecule has 0 N–H and O–H groups in total. The first-order chi connectivity index (χ1) is 32.2. The Bertz CT molecular complexity index is 3900. The van der Waals surface area contributed by atoms with Crippen LogP contribution in [-0.4, -0.2) is 4.57 Å². The van der Waals surface area contributed by atoms with E-state index in [1.165, 1.54) is 71.2 Å². The van der Waals surface area contributed by atoms with Crippen LogP contribution in [0.3, 0.4) is 0 Å². The third-order valence-corrected chi connectivity index (χ3v) is 13.2. The maximum atomic E-state index is 6.28. The van der Waals surface area contributed by atoms with Crippen molar-refractivity contribution in [1.29, 1.82) is 0 Å². The number of hydrogen-bond acceptors (Lipinski definition) is 2. The van der Waals surface area contributed by atoms with Gasteiger partial charge in [-0.1, -0.05) is 170 Å². The van der Waals surface area contributed by atoms with Gasteiger partial charge >= 0.3 is 0 Å². The molecule has 3 heteroatoms. The zero-order chi connectivity index (χ0) is 42.8. The van der Waals surface area contributed by atoms with Crippen LogP contribution in [0.4, 0.5) is 17.1 Å². The molecule has 0 atom stereocenters. The Kier molecular flexibility index (Phi) is 8.53. The molecule has 2 aromatic heterocycles. The van der Waals surface area contributed by atoms with Crippen LogP contribution >= 0.6 is 0 Å². The molecule has 0 fully saturated rings. The minimum absolute atomic E-state index is 0.877. The average Bonchev–Trinajstić information content (AvgIpc) is 3.92. The van der Waals surface area contributed by atoms with Crippen molar-refractivity contribution in [1.82, 2.24) is 4.57 Å². The van der Waals surface area contributed by atoms with Crippen LogP contribution in [0.5, 0.6) is 0 Å². The number of benzene rings is 11. The van der Waals surface area contributed by atoms with Crippen molar-refractivity contribution in [2.75, 3.05) is 4.90 Å². The van der Waals surface area contributed by atoms with Crippen LogP contribution in [0.2, 0.25) is 0 Å². The smallest absolute Gasteiger partial charge is 0.135 e. The molecule has 13 aromatic rings. The summed E-state index contributed by atoms with van der Waals surface area (Å²) >= 11 is 0. The van der Waals surface area contributed by atoms with E-state index < -0.39 is 0 Å². The third-order valence-electron chi connectivity index (χ3n) is 13.2. The van der Waals surface area contributed by atoms with Gasteiger partial charge in [0.15, 0.2) is 0 Å². The number of rotatable bonds is 7. The molecule has 0 aliphatic heterocycles. The van der Waals surface area contributed by atoms with Gasteiger partial charge in [-0.2, -0.15) is 0 Å². The summed E-state index contributed by atoms with van der Waals surface area (Å²) < 4.78 is 8.71. The Labute approximate surface area is 376 Å². The molecular weight excluding hydrogens is 789 g/mol. The van der Waals surface area contributed by atoms with E-state index in [1.807, 2.05) is 12.1 Å². The molecule has 0 radical (unpaired) electrons. The second kappa shape index (κ2) is 15.0. The number of para-hydroxylation sites is 4. The fourth-order valence-electron chi connectivity index (χ4n) is 10.1. The van der Waals surface area contributed by atoms with Gasteiger partial charge in [-0.3, -0.25) is 0 Å². The zero-order valence-electron chi connectivity index (χ0n) is 35.4. The molecule has 2 heterocycles. The Morgan fingerprint density at radius 1 is 0.292 bits per heavy atom. The van der Waals surface area contributed by atoms with E-state index in [0.29, 0.717) is 0 Å². The van der Waals surface area contributed by atoms with Crippen molar-refractivity contribution in [3.8, 4) is 39.1 Å². The summed E-state index contributed by atoms with van der Waals surface area (Å²) in [5.74, 6) is 0. The SMILES string of the molecule is c1ccc(-c2ccccc2-n2c3ccccc3c3ccccc32)c(-c2ccc(N(c3ccc(-c4ccc5c(ccc6ccccc65)c4)cc3)c3ccc4oc5ccccc5c4c3)cc2)c1.